The van der Waals surface area contributed by atoms with Crippen molar-refractivity contribution >= 4 is 11.4 Å². The Morgan fingerprint density at radius 3 is 2.88 bits per heavy atom. The minimum absolute atomic E-state index is 0.221. The Morgan fingerprint density at radius 1 is 1.59 bits per heavy atom. The topological polar surface area (TPSA) is 72.4 Å². The van der Waals surface area contributed by atoms with E-state index in [1.807, 2.05) is 4.90 Å². The predicted octanol–water partition coefficient (Wildman–Crippen LogP) is 1.52. The van der Waals surface area contributed by atoms with Gasteiger partial charge in [0.1, 0.15) is 0 Å². The number of nitro benzene ring substituents is 1. The molecule has 1 fully saturated rings. The summed E-state index contributed by atoms with van der Waals surface area (Å²) in [6, 6.07) is 3.76. The highest BCUT2D eigenvalue weighted by atomic mass is 19.1. The Hall–Kier alpha value is -1.69. The molecule has 0 bridgehead atoms. The van der Waals surface area contributed by atoms with E-state index in [2.05, 4.69) is 0 Å². The molecule has 1 aliphatic rings. The molecule has 1 heterocycles. The first-order chi connectivity index (χ1) is 8.11. The normalized spacial score (nSPS) is 19.6. The van der Waals surface area contributed by atoms with Gasteiger partial charge in [-0.1, -0.05) is 0 Å². The van der Waals surface area contributed by atoms with Crippen LogP contribution in [0.15, 0.2) is 18.2 Å². The first kappa shape index (κ1) is 11.8. The van der Waals surface area contributed by atoms with Gasteiger partial charge < -0.3 is 10.6 Å². The summed E-state index contributed by atoms with van der Waals surface area (Å²) in [6.07, 6.45) is 0.937. The first-order valence-electron chi connectivity index (χ1n) is 5.50. The van der Waals surface area contributed by atoms with Crippen LogP contribution in [0.5, 0.6) is 0 Å². The third-order valence-electron chi connectivity index (χ3n) is 3.10. The third-order valence-corrected chi connectivity index (χ3v) is 3.10. The lowest BCUT2D eigenvalue weighted by Gasteiger charge is -2.18. The Labute approximate surface area is 98.2 Å². The zero-order chi connectivity index (χ0) is 12.4. The van der Waals surface area contributed by atoms with Crippen LogP contribution in [0.1, 0.15) is 6.42 Å². The number of hydrogen-bond acceptors (Lipinski definition) is 4. The zero-order valence-corrected chi connectivity index (χ0v) is 9.30. The maximum Gasteiger partial charge on any atom is 0.272 e. The SMILES string of the molecule is NC[C@H]1CCN(c2ccc([N+](=O)[O-])cc2F)C1. The summed E-state index contributed by atoms with van der Waals surface area (Å²) < 4.78 is 13.7. The summed E-state index contributed by atoms with van der Waals surface area (Å²) in [6.45, 7) is 2.05. The number of nitro groups is 1. The van der Waals surface area contributed by atoms with Gasteiger partial charge in [0.05, 0.1) is 16.7 Å². The summed E-state index contributed by atoms with van der Waals surface area (Å²) in [5.41, 5.74) is 5.77. The minimum Gasteiger partial charge on any atom is -0.369 e. The molecule has 0 amide bonds. The number of nitrogens with zero attached hydrogens (tertiary/aromatic N) is 2. The van der Waals surface area contributed by atoms with Crippen LogP contribution in [-0.2, 0) is 0 Å². The Kier molecular flexibility index (Phi) is 3.23. The molecule has 0 radical (unpaired) electrons. The van der Waals surface area contributed by atoms with Crippen molar-refractivity contribution in [3.8, 4) is 0 Å². The van der Waals surface area contributed by atoms with Gasteiger partial charge in [0.15, 0.2) is 5.82 Å². The lowest BCUT2D eigenvalue weighted by Crippen LogP contribution is -2.23. The fourth-order valence-corrected chi connectivity index (χ4v) is 2.11. The molecule has 17 heavy (non-hydrogen) atoms. The van der Waals surface area contributed by atoms with Crippen molar-refractivity contribution in [1.82, 2.24) is 0 Å². The quantitative estimate of drug-likeness (QED) is 0.641. The number of benzene rings is 1. The standard InChI is InChI=1S/C11H14FN3O2/c12-10-5-9(15(16)17)1-2-11(10)14-4-3-8(6-13)7-14/h1-2,5,8H,3-4,6-7,13H2/t8-/m1/s1. The van der Waals surface area contributed by atoms with Crippen molar-refractivity contribution in [3.63, 3.8) is 0 Å². The summed E-state index contributed by atoms with van der Waals surface area (Å²) in [5.74, 6) is -0.165. The molecule has 2 N–H and O–H groups in total. The smallest absolute Gasteiger partial charge is 0.272 e. The fraction of sp³-hybridized carbons (Fsp3) is 0.455. The summed E-state index contributed by atoms with van der Waals surface area (Å²) >= 11 is 0. The Bertz CT molecular complexity index is 439. The molecule has 0 unspecified atom stereocenters. The van der Waals surface area contributed by atoms with Crippen molar-refractivity contribution in [2.24, 2.45) is 11.7 Å². The molecule has 1 saturated heterocycles. The number of halogens is 1. The first-order valence-corrected chi connectivity index (χ1v) is 5.50. The second kappa shape index (κ2) is 4.67. The molecule has 0 saturated carbocycles. The van der Waals surface area contributed by atoms with E-state index in [9.17, 15) is 14.5 Å². The number of nitrogens with two attached hydrogens (primary N) is 1. The highest BCUT2D eigenvalue weighted by molar-refractivity contribution is 5.53. The van der Waals surface area contributed by atoms with Crippen LogP contribution in [-0.4, -0.2) is 24.6 Å². The van der Waals surface area contributed by atoms with Gasteiger partial charge in [0.2, 0.25) is 0 Å². The van der Waals surface area contributed by atoms with Crippen LogP contribution in [0, 0.1) is 21.8 Å². The molecule has 2 rings (SSSR count). The van der Waals surface area contributed by atoms with E-state index < -0.39 is 10.7 Å². The summed E-state index contributed by atoms with van der Waals surface area (Å²) in [7, 11) is 0. The van der Waals surface area contributed by atoms with Crippen LogP contribution in [0.3, 0.4) is 0 Å². The van der Waals surface area contributed by atoms with E-state index in [4.69, 9.17) is 5.73 Å². The molecular weight excluding hydrogens is 225 g/mol. The van der Waals surface area contributed by atoms with Crippen LogP contribution in [0.25, 0.3) is 0 Å². The highest BCUT2D eigenvalue weighted by Crippen LogP contribution is 2.28. The second-order valence-corrected chi connectivity index (χ2v) is 4.23. The van der Waals surface area contributed by atoms with E-state index in [-0.39, 0.29) is 5.69 Å². The molecule has 1 aromatic carbocycles. The maximum absolute atomic E-state index is 13.7. The van der Waals surface area contributed by atoms with Crippen LogP contribution in [0.2, 0.25) is 0 Å². The van der Waals surface area contributed by atoms with Crippen molar-refractivity contribution < 1.29 is 9.31 Å². The number of hydrogen-bond donors (Lipinski definition) is 1. The predicted molar refractivity (Wildman–Crippen MR) is 62.4 cm³/mol. The largest absolute Gasteiger partial charge is 0.369 e. The molecule has 92 valence electrons. The van der Waals surface area contributed by atoms with E-state index >= 15 is 0 Å². The monoisotopic (exact) mass is 239 g/mol. The lowest BCUT2D eigenvalue weighted by atomic mass is 10.1. The van der Waals surface area contributed by atoms with E-state index in [0.29, 0.717) is 24.7 Å². The minimum atomic E-state index is -0.598. The van der Waals surface area contributed by atoms with Gasteiger partial charge in [-0.3, -0.25) is 10.1 Å². The number of anilines is 1. The van der Waals surface area contributed by atoms with Crippen LogP contribution in [0.4, 0.5) is 15.8 Å². The van der Waals surface area contributed by atoms with Gasteiger partial charge in [-0.2, -0.15) is 0 Å². The third kappa shape index (κ3) is 2.36. The average Bonchev–Trinajstić information content (AvgIpc) is 2.77. The maximum atomic E-state index is 13.7. The van der Waals surface area contributed by atoms with Gasteiger partial charge in [-0.05, 0) is 24.9 Å². The molecule has 1 aliphatic heterocycles. The molecular formula is C11H14FN3O2. The van der Waals surface area contributed by atoms with Gasteiger partial charge in [0, 0.05) is 19.2 Å². The molecule has 1 atom stereocenters. The Balaban J connectivity index is 2.20. The fourth-order valence-electron chi connectivity index (χ4n) is 2.11. The van der Waals surface area contributed by atoms with Crippen molar-refractivity contribution in [3.05, 3.63) is 34.1 Å². The van der Waals surface area contributed by atoms with E-state index in [1.54, 1.807) is 0 Å². The van der Waals surface area contributed by atoms with Crippen molar-refractivity contribution in [2.75, 3.05) is 24.5 Å². The molecule has 0 aromatic heterocycles. The molecule has 0 aliphatic carbocycles. The van der Waals surface area contributed by atoms with Crippen LogP contribution >= 0.6 is 0 Å². The molecule has 1 aromatic rings. The van der Waals surface area contributed by atoms with Gasteiger partial charge in [0.25, 0.3) is 5.69 Å². The molecule has 0 spiro atoms. The van der Waals surface area contributed by atoms with Crippen molar-refractivity contribution in [1.29, 1.82) is 0 Å². The van der Waals surface area contributed by atoms with E-state index in [0.717, 1.165) is 19.0 Å². The number of non-ortho nitro benzene ring substituents is 1. The van der Waals surface area contributed by atoms with Gasteiger partial charge >= 0.3 is 0 Å². The van der Waals surface area contributed by atoms with Gasteiger partial charge in [-0.15, -0.1) is 0 Å². The Morgan fingerprint density at radius 2 is 2.35 bits per heavy atom. The van der Waals surface area contributed by atoms with Gasteiger partial charge in [-0.25, -0.2) is 4.39 Å². The second-order valence-electron chi connectivity index (χ2n) is 4.23. The summed E-state index contributed by atoms with van der Waals surface area (Å²) in [4.78, 5) is 11.8. The highest BCUT2D eigenvalue weighted by Gasteiger charge is 2.24. The molecule has 5 nitrogen and oxygen atoms in total. The van der Waals surface area contributed by atoms with E-state index in [1.165, 1.54) is 12.1 Å². The molecule has 6 heteroatoms. The summed E-state index contributed by atoms with van der Waals surface area (Å²) in [5, 5.41) is 10.5. The lowest BCUT2D eigenvalue weighted by molar-refractivity contribution is -0.385. The van der Waals surface area contributed by atoms with Crippen LogP contribution < -0.4 is 10.6 Å². The van der Waals surface area contributed by atoms with Crippen molar-refractivity contribution in [2.45, 2.75) is 6.42 Å². The average molecular weight is 239 g/mol. The number of rotatable bonds is 3. The zero-order valence-electron chi connectivity index (χ0n) is 9.30.